The minimum Gasteiger partial charge on any atom is -0.373 e. The first-order chi connectivity index (χ1) is 14.7. The van der Waals surface area contributed by atoms with Crippen molar-refractivity contribution >= 4 is 22.4 Å². The van der Waals surface area contributed by atoms with Gasteiger partial charge in [0.1, 0.15) is 11.6 Å². The van der Waals surface area contributed by atoms with E-state index in [2.05, 4.69) is 9.68 Å². The molecule has 170 valence electrons. The quantitative estimate of drug-likeness (QED) is 0.565. The van der Waals surface area contributed by atoms with Crippen LogP contribution in [0.4, 0.5) is 27.6 Å². The highest BCUT2D eigenvalue weighted by atomic mass is 19.4. The molecule has 0 spiro atoms. The Labute approximate surface area is 177 Å². The van der Waals surface area contributed by atoms with E-state index in [9.17, 15) is 36.6 Å². The molecule has 0 saturated carbocycles. The first-order valence-electron chi connectivity index (χ1n) is 9.19. The Morgan fingerprint density at radius 1 is 1.12 bits per heavy atom. The number of hydrogen-bond donors (Lipinski definition) is 2. The van der Waals surface area contributed by atoms with Crippen molar-refractivity contribution < 1.29 is 36.4 Å². The van der Waals surface area contributed by atoms with Gasteiger partial charge >= 0.3 is 11.8 Å². The summed E-state index contributed by atoms with van der Waals surface area (Å²) in [6.07, 6.45) is -5.62. The normalized spacial score (nSPS) is 14.2. The van der Waals surface area contributed by atoms with Gasteiger partial charge in [0.15, 0.2) is 0 Å². The second-order valence-corrected chi connectivity index (χ2v) is 7.91. The highest BCUT2D eigenvalue weighted by molar-refractivity contribution is 5.99. The van der Waals surface area contributed by atoms with Crippen LogP contribution in [0.15, 0.2) is 51.9 Å². The van der Waals surface area contributed by atoms with Crippen molar-refractivity contribution in [2.45, 2.75) is 37.5 Å². The Kier molecular flexibility index (Phi) is 5.81. The van der Waals surface area contributed by atoms with Crippen LogP contribution >= 0.6 is 0 Å². The molecule has 1 aromatic heterocycles. The summed E-state index contributed by atoms with van der Waals surface area (Å²) in [5.41, 5.74) is -7.12. The third kappa shape index (κ3) is 4.33. The highest BCUT2D eigenvalue weighted by Crippen LogP contribution is 2.42. The molecule has 2 aromatic carbocycles. The van der Waals surface area contributed by atoms with E-state index in [4.69, 9.17) is 0 Å². The smallest absolute Gasteiger partial charge is 0.373 e. The SMILES string of the molecule is CC(C)(CC(O)(C(=O)Nc1ccc2c(=O)oncc2c1)C(F)(F)F)c1cc(F)ccc1F. The monoisotopic (exact) mass is 456 g/mol. The molecule has 6 nitrogen and oxygen atoms in total. The maximum atomic E-state index is 14.2. The summed E-state index contributed by atoms with van der Waals surface area (Å²) < 4.78 is 73.8. The molecule has 0 aliphatic carbocycles. The van der Waals surface area contributed by atoms with Gasteiger partial charge in [-0.05, 0) is 47.4 Å². The molecule has 1 atom stereocenters. The molecule has 0 radical (unpaired) electrons. The Hall–Kier alpha value is -3.34. The zero-order valence-corrected chi connectivity index (χ0v) is 16.8. The average molecular weight is 456 g/mol. The number of carbonyl (C=O) groups is 1. The molecule has 0 aliphatic rings. The fourth-order valence-corrected chi connectivity index (χ4v) is 3.41. The molecular weight excluding hydrogens is 439 g/mol. The molecule has 3 aromatic rings. The molecule has 2 N–H and O–H groups in total. The van der Waals surface area contributed by atoms with Gasteiger partial charge in [-0.25, -0.2) is 13.6 Å². The van der Waals surface area contributed by atoms with Crippen LogP contribution in [-0.2, 0) is 10.2 Å². The largest absolute Gasteiger partial charge is 0.426 e. The lowest BCUT2D eigenvalue weighted by molar-refractivity contribution is -0.254. The van der Waals surface area contributed by atoms with E-state index < -0.39 is 52.3 Å². The van der Waals surface area contributed by atoms with Gasteiger partial charge in [0.2, 0.25) is 5.60 Å². The van der Waals surface area contributed by atoms with Crippen LogP contribution in [0.2, 0.25) is 0 Å². The van der Waals surface area contributed by atoms with Gasteiger partial charge in [-0.1, -0.05) is 19.0 Å². The lowest BCUT2D eigenvalue weighted by Crippen LogP contribution is -2.57. The number of benzene rings is 2. The number of anilines is 1. The predicted molar refractivity (Wildman–Crippen MR) is 104 cm³/mol. The molecule has 0 bridgehead atoms. The first kappa shape index (κ1) is 23.3. The Morgan fingerprint density at radius 3 is 2.47 bits per heavy atom. The lowest BCUT2D eigenvalue weighted by Gasteiger charge is -2.36. The van der Waals surface area contributed by atoms with Crippen LogP contribution in [-0.4, -0.2) is 27.9 Å². The maximum Gasteiger partial charge on any atom is 0.426 e. The zero-order chi connectivity index (χ0) is 23.9. The van der Waals surface area contributed by atoms with E-state index in [-0.39, 0.29) is 16.5 Å². The van der Waals surface area contributed by atoms with Gasteiger partial charge in [-0.3, -0.25) is 4.79 Å². The predicted octanol–water partition coefficient (Wildman–Crippen LogP) is 4.07. The van der Waals surface area contributed by atoms with Gasteiger partial charge in [0.05, 0.1) is 11.6 Å². The minimum absolute atomic E-state index is 0.0757. The fraction of sp³-hybridized carbons (Fsp3) is 0.286. The number of amides is 1. The van der Waals surface area contributed by atoms with Gasteiger partial charge in [0.25, 0.3) is 5.91 Å². The number of nitrogens with zero attached hydrogens (tertiary/aromatic N) is 1. The van der Waals surface area contributed by atoms with Crippen molar-refractivity contribution in [2.24, 2.45) is 0 Å². The van der Waals surface area contributed by atoms with Crippen molar-refractivity contribution in [3.8, 4) is 0 Å². The molecular formula is C21H17F5N2O4. The Morgan fingerprint density at radius 2 is 1.81 bits per heavy atom. The van der Waals surface area contributed by atoms with E-state index in [1.165, 1.54) is 12.1 Å². The van der Waals surface area contributed by atoms with Crippen molar-refractivity contribution in [1.82, 2.24) is 5.16 Å². The Balaban J connectivity index is 1.97. The summed E-state index contributed by atoms with van der Waals surface area (Å²) >= 11 is 0. The van der Waals surface area contributed by atoms with E-state index >= 15 is 0 Å². The summed E-state index contributed by atoms with van der Waals surface area (Å²) in [4.78, 5) is 24.2. The number of alkyl halides is 3. The number of nitrogens with one attached hydrogen (secondary N) is 1. The molecule has 11 heteroatoms. The minimum atomic E-state index is -5.45. The van der Waals surface area contributed by atoms with Crippen LogP contribution in [0.25, 0.3) is 10.8 Å². The third-order valence-corrected chi connectivity index (χ3v) is 5.06. The van der Waals surface area contributed by atoms with Gasteiger partial charge in [0, 0.05) is 17.5 Å². The van der Waals surface area contributed by atoms with E-state index in [1.807, 2.05) is 5.32 Å². The van der Waals surface area contributed by atoms with Crippen molar-refractivity contribution in [3.05, 3.63) is 70.2 Å². The van der Waals surface area contributed by atoms with E-state index in [0.29, 0.717) is 6.07 Å². The zero-order valence-electron chi connectivity index (χ0n) is 16.8. The van der Waals surface area contributed by atoms with Crippen molar-refractivity contribution in [1.29, 1.82) is 0 Å². The first-order valence-corrected chi connectivity index (χ1v) is 9.19. The van der Waals surface area contributed by atoms with Crippen LogP contribution < -0.4 is 10.9 Å². The number of aliphatic hydroxyl groups is 1. The standard InChI is InChI=1S/C21H17F5N2O4/c1-19(2,15-8-12(22)3-6-16(15)23)10-20(31,21(24,25)26)18(30)28-13-4-5-14-11(7-13)9-27-32-17(14)29/h3-9,31H,10H2,1-2H3,(H,28,30). The molecule has 1 unspecified atom stereocenters. The highest BCUT2D eigenvalue weighted by Gasteiger charge is 2.61. The summed E-state index contributed by atoms with van der Waals surface area (Å²) in [7, 11) is 0. The van der Waals surface area contributed by atoms with Gasteiger partial charge in [-0.15, -0.1) is 0 Å². The topological polar surface area (TPSA) is 92.4 Å². The molecule has 0 aliphatic heterocycles. The van der Waals surface area contributed by atoms with Crippen LogP contribution in [0.3, 0.4) is 0 Å². The van der Waals surface area contributed by atoms with Gasteiger partial charge in [-0.2, -0.15) is 13.2 Å². The maximum absolute atomic E-state index is 14.2. The molecule has 0 saturated heterocycles. The number of halogens is 5. The van der Waals surface area contributed by atoms with E-state index in [1.54, 1.807) is 0 Å². The van der Waals surface area contributed by atoms with Gasteiger partial charge < -0.3 is 14.9 Å². The lowest BCUT2D eigenvalue weighted by atomic mass is 9.74. The molecule has 32 heavy (non-hydrogen) atoms. The number of carbonyl (C=O) groups excluding carboxylic acids is 1. The molecule has 0 fully saturated rings. The van der Waals surface area contributed by atoms with Crippen molar-refractivity contribution in [2.75, 3.05) is 5.32 Å². The second kappa shape index (κ2) is 7.97. The molecule has 1 heterocycles. The number of fused-ring (bicyclic) bond motifs is 1. The van der Waals surface area contributed by atoms with Crippen LogP contribution in [0.5, 0.6) is 0 Å². The molecule has 3 rings (SSSR count). The summed E-state index contributed by atoms with van der Waals surface area (Å²) in [5.74, 6) is -3.70. The summed E-state index contributed by atoms with van der Waals surface area (Å²) in [6.45, 7) is 2.30. The number of hydrogen-bond acceptors (Lipinski definition) is 5. The Bertz CT molecular complexity index is 1240. The number of rotatable bonds is 5. The second-order valence-electron chi connectivity index (χ2n) is 7.91. The van der Waals surface area contributed by atoms with E-state index in [0.717, 1.165) is 38.2 Å². The third-order valence-electron chi connectivity index (χ3n) is 5.06. The average Bonchev–Trinajstić information content (AvgIpc) is 2.68. The van der Waals surface area contributed by atoms with Crippen molar-refractivity contribution in [3.63, 3.8) is 0 Å². The summed E-state index contributed by atoms with van der Waals surface area (Å²) in [6, 6.07) is 5.78. The van der Waals surface area contributed by atoms with Crippen LogP contribution in [0.1, 0.15) is 25.8 Å². The fourth-order valence-electron chi connectivity index (χ4n) is 3.41. The molecule has 1 amide bonds. The van der Waals surface area contributed by atoms with Crippen LogP contribution in [0, 0.1) is 11.6 Å². The number of aromatic nitrogens is 1. The summed E-state index contributed by atoms with van der Waals surface area (Å²) in [5, 5.41) is 16.0.